The minimum atomic E-state index is -3.98. The first-order chi connectivity index (χ1) is 10.5. The highest BCUT2D eigenvalue weighted by Gasteiger charge is 2.23. The number of fused-ring (bicyclic) bond motifs is 1. The molecule has 1 N–H and O–H groups in total. The van der Waals surface area contributed by atoms with Crippen LogP contribution in [0.5, 0.6) is 0 Å². The van der Waals surface area contributed by atoms with E-state index in [0.717, 1.165) is 5.56 Å². The van der Waals surface area contributed by atoms with Gasteiger partial charge in [0.25, 0.3) is 21.0 Å². The lowest BCUT2D eigenvalue weighted by Crippen LogP contribution is -2.16. The molecule has 22 heavy (non-hydrogen) atoms. The first-order valence-electron chi connectivity index (χ1n) is 6.34. The van der Waals surface area contributed by atoms with Gasteiger partial charge in [0.15, 0.2) is 0 Å². The van der Waals surface area contributed by atoms with E-state index in [1.807, 2.05) is 6.92 Å². The number of rotatable bonds is 4. The summed E-state index contributed by atoms with van der Waals surface area (Å²) >= 11 is 6.09. The van der Waals surface area contributed by atoms with Crippen molar-refractivity contribution in [3.05, 3.63) is 41.4 Å². The van der Waals surface area contributed by atoms with E-state index in [4.69, 9.17) is 11.6 Å². The van der Waals surface area contributed by atoms with Gasteiger partial charge in [-0.2, -0.15) is 22.9 Å². The first kappa shape index (κ1) is 14.7. The Kier molecular flexibility index (Phi) is 3.67. The van der Waals surface area contributed by atoms with Crippen LogP contribution >= 0.6 is 11.6 Å². The summed E-state index contributed by atoms with van der Waals surface area (Å²) < 4.78 is 28.5. The van der Waals surface area contributed by atoms with Gasteiger partial charge in [-0.15, -0.1) is 5.10 Å². The van der Waals surface area contributed by atoms with E-state index in [-0.39, 0.29) is 5.78 Å². The summed E-state index contributed by atoms with van der Waals surface area (Å²) in [5.74, 6) is 0.144. The number of anilines is 1. The van der Waals surface area contributed by atoms with Crippen molar-refractivity contribution in [1.29, 1.82) is 0 Å². The fourth-order valence-corrected chi connectivity index (χ4v) is 3.21. The van der Waals surface area contributed by atoms with Crippen LogP contribution in [-0.2, 0) is 16.4 Å². The molecule has 0 amide bonds. The minimum Gasteiger partial charge on any atom is -0.275 e. The predicted molar refractivity (Wildman–Crippen MR) is 80.2 cm³/mol. The molecule has 0 fully saturated rings. The van der Waals surface area contributed by atoms with Crippen molar-refractivity contribution < 1.29 is 8.42 Å². The standard InChI is InChI=1S/C12H11ClN6O2S/c1-2-8-4-3-5-9(13)10(8)18-22(20,21)12-16-11-15-6-14-7-19(11)17-12/h3-7,18H,2H2,1H3. The van der Waals surface area contributed by atoms with E-state index in [2.05, 4.69) is 24.8 Å². The van der Waals surface area contributed by atoms with Crippen LogP contribution in [0.4, 0.5) is 5.69 Å². The van der Waals surface area contributed by atoms with Gasteiger partial charge in [0.2, 0.25) is 0 Å². The van der Waals surface area contributed by atoms with Crippen LogP contribution in [0.3, 0.4) is 0 Å². The largest absolute Gasteiger partial charge is 0.299 e. The van der Waals surface area contributed by atoms with E-state index >= 15 is 0 Å². The molecule has 0 unspecified atom stereocenters. The van der Waals surface area contributed by atoms with Crippen molar-refractivity contribution in [1.82, 2.24) is 24.6 Å². The third-order valence-corrected chi connectivity index (χ3v) is 4.41. The number of para-hydroxylation sites is 1. The van der Waals surface area contributed by atoms with Crippen molar-refractivity contribution in [3.8, 4) is 0 Å². The third-order valence-electron chi connectivity index (χ3n) is 2.97. The Hall–Kier alpha value is -2.26. The predicted octanol–water partition coefficient (Wildman–Crippen LogP) is 1.54. The molecule has 0 spiro atoms. The molecule has 8 nitrogen and oxygen atoms in total. The topological polar surface area (TPSA) is 102 Å². The fourth-order valence-electron chi connectivity index (χ4n) is 1.91. The van der Waals surface area contributed by atoms with Crippen LogP contribution in [0.15, 0.2) is 36.0 Å². The Morgan fingerprint density at radius 3 is 2.91 bits per heavy atom. The van der Waals surface area contributed by atoms with E-state index in [1.165, 1.54) is 17.2 Å². The van der Waals surface area contributed by atoms with Gasteiger partial charge in [-0.1, -0.05) is 30.7 Å². The summed E-state index contributed by atoms with van der Waals surface area (Å²) in [7, 11) is -3.98. The van der Waals surface area contributed by atoms with Gasteiger partial charge in [-0.05, 0) is 18.1 Å². The Morgan fingerprint density at radius 1 is 1.36 bits per heavy atom. The zero-order valence-electron chi connectivity index (χ0n) is 11.4. The summed E-state index contributed by atoms with van der Waals surface area (Å²) in [5, 5.41) is 3.77. The highest BCUT2D eigenvalue weighted by atomic mass is 35.5. The average molecular weight is 339 g/mol. The molecule has 114 valence electrons. The van der Waals surface area contributed by atoms with E-state index < -0.39 is 15.2 Å². The Bertz CT molecular complexity index is 907. The second kappa shape index (κ2) is 5.50. The van der Waals surface area contributed by atoms with Crippen LogP contribution in [0.2, 0.25) is 5.02 Å². The Balaban J connectivity index is 2.04. The Morgan fingerprint density at radius 2 is 2.18 bits per heavy atom. The zero-order valence-corrected chi connectivity index (χ0v) is 13.0. The van der Waals surface area contributed by atoms with Crippen molar-refractivity contribution in [2.75, 3.05) is 4.72 Å². The van der Waals surface area contributed by atoms with Gasteiger partial charge in [0.05, 0.1) is 10.7 Å². The second-order valence-electron chi connectivity index (χ2n) is 4.38. The van der Waals surface area contributed by atoms with Crippen molar-refractivity contribution in [2.24, 2.45) is 0 Å². The number of halogens is 1. The monoisotopic (exact) mass is 338 g/mol. The number of aromatic nitrogens is 5. The van der Waals surface area contributed by atoms with E-state index in [0.29, 0.717) is 17.1 Å². The summed E-state index contributed by atoms with van der Waals surface area (Å²) in [4.78, 5) is 11.5. The summed E-state index contributed by atoms with van der Waals surface area (Å²) in [6, 6.07) is 5.17. The highest BCUT2D eigenvalue weighted by molar-refractivity contribution is 7.92. The molecule has 3 rings (SSSR count). The molecule has 0 atom stereocenters. The minimum absolute atomic E-state index is 0.144. The van der Waals surface area contributed by atoms with Crippen molar-refractivity contribution >= 4 is 33.1 Å². The molecule has 0 aliphatic heterocycles. The molecule has 0 aliphatic rings. The molecule has 0 radical (unpaired) electrons. The number of hydrogen-bond donors (Lipinski definition) is 1. The zero-order chi connectivity index (χ0) is 15.7. The lowest BCUT2D eigenvalue weighted by Gasteiger charge is -2.11. The third kappa shape index (κ3) is 2.60. The number of hydrogen-bond acceptors (Lipinski definition) is 6. The lowest BCUT2D eigenvalue weighted by molar-refractivity contribution is 0.592. The SMILES string of the molecule is CCc1cccc(Cl)c1NS(=O)(=O)c1nc2ncncn2n1. The average Bonchev–Trinajstić information content (AvgIpc) is 2.94. The number of nitrogens with zero attached hydrogens (tertiary/aromatic N) is 5. The molecule has 0 aliphatic carbocycles. The molecule has 1 aromatic carbocycles. The van der Waals surface area contributed by atoms with Crippen LogP contribution in [-0.4, -0.2) is 33.0 Å². The van der Waals surface area contributed by atoms with Crippen molar-refractivity contribution in [3.63, 3.8) is 0 Å². The maximum absolute atomic E-state index is 12.4. The van der Waals surface area contributed by atoms with Gasteiger partial charge in [-0.3, -0.25) is 4.72 Å². The van der Waals surface area contributed by atoms with Gasteiger partial charge in [0, 0.05) is 0 Å². The van der Waals surface area contributed by atoms with Gasteiger partial charge >= 0.3 is 0 Å². The van der Waals surface area contributed by atoms with Crippen LogP contribution < -0.4 is 4.72 Å². The molecule has 3 aromatic rings. The van der Waals surface area contributed by atoms with E-state index in [9.17, 15) is 8.42 Å². The number of benzene rings is 1. The summed E-state index contributed by atoms with van der Waals surface area (Å²) in [6.07, 6.45) is 3.21. The smallest absolute Gasteiger partial charge is 0.275 e. The molecule has 2 aromatic heterocycles. The van der Waals surface area contributed by atoms with E-state index in [1.54, 1.807) is 18.2 Å². The highest BCUT2D eigenvalue weighted by Crippen LogP contribution is 2.28. The summed E-state index contributed by atoms with van der Waals surface area (Å²) in [5.41, 5.74) is 1.11. The maximum Gasteiger partial charge on any atom is 0.299 e. The fraction of sp³-hybridized carbons (Fsp3) is 0.167. The number of aryl methyl sites for hydroxylation is 1. The second-order valence-corrected chi connectivity index (χ2v) is 6.36. The molecule has 10 heteroatoms. The first-order valence-corrected chi connectivity index (χ1v) is 8.20. The van der Waals surface area contributed by atoms with Crippen molar-refractivity contribution in [2.45, 2.75) is 18.5 Å². The molecule has 0 bridgehead atoms. The van der Waals surface area contributed by atoms with Gasteiger partial charge in [-0.25, -0.2) is 4.98 Å². The molecular formula is C12H11ClN6O2S. The summed E-state index contributed by atoms with van der Waals surface area (Å²) in [6.45, 7) is 1.90. The van der Waals surface area contributed by atoms with Crippen LogP contribution in [0.1, 0.15) is 12.5 Å². The number of nitrogens with one attached hydrogen (secondary N) is 1. The number of sulfonamides is 1. The van der Waals surface area contributed by atoms with Crippen LogP contribution in [0.25, 0.3) is 5.78 Å². The Labute approximate surface area is 131 Å². The maximum atomic E-state index is 12.4. The molecule has 0 saturated heterocycles. The lowest BCUT2D eigenvalue weighted by atomic mass is 10.1. The van der Waals surface area contributed by atoms with Crippen LogP contribution in [0, 0.1) is 0 Å². The molecule has 2 heterocycles. The molecule has 0 saturated carbocycles. The van der Waals surface area contributed by atoms with Gasteiger partial charge in [0.1, 0.15) is 12.7 Å². The molecular weight excluding hydrogens is 328 g/mol. The quantitative estimate of drug-likeness (QED) is 0.774. The van der Waals surface area contributed by atoms with Gasteiger partial charge < -0.3 is 0 Å². The normalized spacial score (nSPS) is 11.7.